The van der Waals surface area contributed by atoms with Gasteiger partial charge in [-0.15, -0.1) is 0 Å². The summed E-state index contributed by atoms with van der Waals surface area (Å²) in [6.45, 7) is 3.12. The molecule has 0 aliphatic carbocycles. The van der Waals surface area contributed by atoms with Crippen LogP contribution in [-0.2, 0) is 30.4 Å². The first-order valence-corrected chi connectivity index (χ1v) is 20.7. The maximum Gasteiger partial charge on any atom is 0.251 e. The van der Waals surface area contributed by atoms with Gasteiger partial charge in [0.25, 0.3) is 5.91 Å². The van der Waals surface area contributed by atoms with Crippen molar-refractivity contribution in [2.45, 2.75) is 69.6 Å². The van der Waals surface area contributed by atoms with Crippen molar-refractivity contribution in [2.75, 3.05) is 34.2 Å². The van der Waals surface area contributed by atoms with Crippen LogP contribution in [0.2, 0.25) is 5.02 Å². The molecule has 4 aromatic carbocycles. The first-order valence-electron chi connectivity index (χ1n) is 20.4. The summed E-state index contributed by atoms with van der Waals surface area (Å²) in [6.07, 6.45) is 1.33. The Bertz CT molecular complexity index is 2290. The Labute approximate surface area is 366 Å². The van der Waals surface area contributed by atoms with Gasteiger partial charge in [-0.05, 0) is 110 Å². The van der Waals surface area contributed by atoms with Crippen LogP contribution >= 0.6 is 11.6 Å². The van der Waals surface area contributed by atoms with Crippen molar-refractivity contribution in [3.8, 4) is 33.8 Å². The second-order valence-corrected chi connectivity index (χ2v) is 16.2. The number of hydrogen-bond donors (Lipinski definition) is 7. The van der Waals surface area contributed by atoms with Gasteiger partial charge in [0.05, 0.1) is 5.92 Å². The average Bonchev–Trinajstić information content (AvgIpc) is 3.25. The summed E-state index contributed by atoms with van der Waals surface area (Å²) in [5.41, 5.74) is 9.09. The number of fused-ring (bicyclic) bond motifs is 5. The molecule has 62 heavy (non-hydrogen) atoms. The van der Waals surface area contributed by atoms with E-state index in [0.29, 0.717) is 41.1 Å². The summed E-state index contributed by atoms with van der Waals surface area (Å²) in [7, 11) is 4.60. The number of unbranched alkanes of at least 4 members (excludes halogenated alkanes) is 1. The lowest BCUT2D eigenvalue weighted by Gasteiger charge is -2.29. The highest BCUT2D eigenvalue weighted by molar-refractivity contribution is 6.30. The van der Waals surface area contributed by atoms with Crippen LogP contribution in [0.5, 0.6) is 11.5 Å². The normalized spacial score (nSPS) is 17.3. The molecule has 4 bridgehead atoms. The number of halogens is 1. The van der Waals surface area contributed by atoms with Crippen molar-refractivity contribution in [3.63, 3.8) is 0 Å². The van der Waals surface area contributed by atoms with E-state index < -0.39 is 59.6 Å². The fraction of sp³-hybridized carbons (Fsp3) is 0.348. The zero-order valence-corrected chi connectivity index (χ0v) is 36.2. The molecule has 4 aromatic rings. The molecule has 0 spiro atoms. The van der Waals surface area contributed by atoms with Crippen LogP contribution in [0.4, 0.5) is 0 Å². The van der Waals surface area contributed by atoms with Gasteiger partial charge in [-0.3, -0.25) is 28.8 Å². The number of benzene rings is 4. The first kappa shape index (κ1) is 46.6. The molecular formula is C46H54ClN7O8. The molecule has 15 nitrogen and oxygen atoms in total. The largest absolute Gasteiger partial charge is 0.507 e. The van der Waals surface area contributed by atoms with Gasteiger partial charge >= 0.3 is 0 Å². The van der Waals surface area contributed by atoms with E-state index in [0.717, 1.165) is 11.1 Å². The van der Waals surface area contributed by atoms with E-state index in [1.807, 2.05) is 12.1 Å². The Balaban J connectivity index is 1.44. The summed E-state index contributed by atoms with van der Waals surface area (Å²) in [5, 5.41) is 33.7. The van der Waals surface area contributed by atoms with Gasteiger partial charge in [-0.2, -0.15) is 0 Å². The molecule has 0 aromatic heterocycles. The van der Waals surface area contributed by atoms with Gasteiger partial charge in [-0.1, -0.05) is 48.0 Å². The molecule has 1 aliphatic heterocycles. The minimum absolute atomic E-state index is 0.0674. The van der Waals surface area contributed by atoms with Crippen LogP contribution in [0, 0.1) is 0 Å². The van der Waals surface area contributed by atoms with Crippen LogP contribution in [0.3, 0.4) is 0 Å². The predicted molar refractivity (Wildman–Crippen MR) is 236 cm³/mol. The average molecular weight is 868 g/mol. The third-order valence-electron chi connectivity index (χ3n) is 10.8. The molecule has 328 valence electrons. The van der Waals surface area contributed by atoms with Gasteiger partial charge in [0.1, 0.15) is 35.7 Å². The van der Waals surface area contributed by atoms with E-state index in [9.17, 15) is 39.0 Å². The maximum atomic E-state index is 14.3. The van der Waals surface area contributed by atoms with Crippen molar-refractivity contribution >= 4 is 47.0 Å². The minimum Gasteiger partial charge on any atom is -0.507 e. The maximum absolute atomic E-state index is 14.3. The number of nitrogens with one attached hydrogen (secondary N) is 4. The molecule has 0 radical (unpaired) electrons. The summed E-state index contributed by atoms with van der Waals surface area (Å²) < 4.78 is 0. The number of amides is 6. The third-order valence-corrected chi connectivity index (χ3v) is 11.0. The molecule has 5 rings (SSSR count). The Morgan fingerprint density at radius 1 is 0.806 bits per heavy atom. The number of rotatable bonds is 13. The van der Waals surface area contributed by atoms with E-state index in [1.54, 1.807) is 62.6 Å². The van der Waals surface area contributed by atoms with Crippen LogP contribution in [0.25, 0.3) is 22.3 Å². The minimum atomic E-state index is -1.22. The predicted octanol–water partition coefficient (Wildman–Crippen LogP) is 3.69. The number of nitrogens with two attached hydrogens (primary N) is 1. The van der Waals surface area contributed by atoms with Crippen molar-refractivity contribution in [1.29, 1.82) is 0 Å². The third kappa shape index (κ3) is 11.7. The van der Waals surface area contributed by atoms with E-state index in [1.165, 1.54) is 55.0 Å². The van der Waals surface area contributed by atoms with Crippen molar-refractivity contribution in [2.24, 2.45) is 5.73 Å². The van der Waals surface area contributed by atoms with Gasteiger partial charge < -0.3 is 47.0 Å². The smallest absolute Gasteiger partial charge is 0.251 e. The van der Waals surface area contributed by atoms with Gasteiger partial charge in [0, 0.05) is 55.8 Å². The zero-order chi connectivity index (χ0) is 45.2. The molecule has 16 heteroatoms. The summed E-state index contributed by atoms with van der Waals surface area (Å²) in [6, 6.07) is 18.9. The molecule has 1 aliphatic rings. The second kappa shape index (κ2) is 20.9. The highest BCUT2D eigenvalue weighted by atomic mass is 35.5. The molecule has 8 N–H and O–H groups in total. The highest BCUT2D eigenvalue weighted by Gasteiger charge is 2.33. The van der Waals surface area contributed by atoms with Gasteiger partial charge in [-0.25, -0.2) is 0 Å². The van der Waals surface area contributed by atoms with Crippen LogP contribution in [-0.4, -0.2) is 114 Å². The molecule has 1 heterocycles. The Morgan fingerprint density at radius 2 is 1.42 bits per heavy atom. The van der Waals surface area contributed by atoms with Crippen LogP contribution in [0.1, 0.15) is 60.5 Å². The number of carbonyl (C=O) groups excluding carboxylic acids is 6. The lowest BCUT2D eigenvalue weighted by Crippen LogP contribution is -2.56. The highest BCUT2D eigenvalue weighted by Crippen LogP contribution is 2.38. The van der Waals surface area contributed by atoms with Gasteiger partial charge in [0.2, 0.25) is 29.5 Å². The standard InChI is InChI=1S/C46H54ClN7O8/c1-26-41(57)52-38(44(60)50-27(2)45(61)53(3)4)23-28-9-19-39(55)34(22-28)35-24-32(16-20-40(35)56)36(43(59)49-26)25-54(5)46(62)37(8-6-7-21-48)51-42(58)31-12-10-29(11-13-31)30-14-17-33(47)18-15-30/h9-20,22,24,26-27,36-38,55-56H,6-8,21,23,25,48H2,1-5H3,(H,49,59)(H,50,60)(H,51,58)(H,52,57)/t26-,27-,36-,37-,38-/m0/s1. The Kier molecular flexibility index (Phi) is 15.7. The SMILES string of the molecule is C[C@@H]1NC(=O)[C@@H](CN(C)C(=O)[C@H](CCCCN)NC(=O)c2ccc(-c3ccc(Cl)cc3)cc2)c2ccc(O)c(c2)-c2cc(ccc2O)C[C@@H](C(=O)N[C@@H](C)C(=O)N(C)C)NC1=O. The molecule has 0 unspecified atom stereocenters. The summed E-state index contributed by atoms with van der Waals surface area (Å²) >= 11 is 6.04. The monoisotopic (exact) mass is 867 g/mol. The number of likely N-dealkylation sites (N-methyl/N-ethyl adjacent to an activating group) is 2. The first-order chi connectivity index (χ1) is 29.5. The van der Waals surface area contributed by atoms with Crippen molar-refractivity contribution < 1.29 is 39.0 Å². The second-order valence-electron chi connectivity index (χ2n) is 15.8. The van der Waals surface area contributed by atoms with Crippen molar-refractivity contribution in [1.82, 2.24) is 31.1 Å². The molecule has 0 saturated carbocycles. The Morgan fingerprint density at radius 3 is 2.05 bits per heavy atom. The van der Waals surface area contributed by atoms with E-state index in [-0.39, 0.29) is 47.9 Å². The topological polar surface area (TPSA) is 224 Å². The van der Waals surface area contributed by atoms with E-state index >= 15 is 0 Å². The zero-order valence-electron chi connectivity index (χ0n) is 35.4. The molecular weight excluding hydrogens is 814 g/mol. The van der Waals surface area contributed by atoms with E-state index in [2.05, 4.69) is 21.3 Å². The molecule has 0 saturated heterocycles. The number of phenols is 2. The molecule has 0 fully saturated rings. The summed E-state index contributed by atoms with van der Waals surface area (Å²) in [5.74, 6) is -4.89. The number of aromatic hydroxyl groups is 2. The Hall–Kier alpha value is -6.45. The lowest BCUT2D eigenvalue weighted by molar-refractivity contribution is -0.136. The molecule has 5 atom stereocenters. The number of carbonyl (C=O) groups is 6. The number of nitrogens with zero attached hydrogens (tertiary/aromatic N) is 2. The van der Waals surface area contributed by atoms with Crippen LogP contribution < -0.4 is 27.0 Å². The number of phenolic OH excluding ortho intramolecular Hbond substituents is 2. The van der Waals surface area contributed by atoms with Crippen LogP contribution in [0.15, 0.2) is 84.9 Å². The van der Waals surface area contributed by atoms with E-state index in [4.69, 9.17) is 17.3 Å². The quantitative estimate of drug-likeness (QED) is 0.0973. The van der Waals surface area contributed by atoms with Crippen molar-refractivity contribution in [3.05, 3.63) is 107 Å². The fourth-order valence-corrected chi connectivity index (χ4v) is 7.34. The number of hydrogen-bond acceptors (Lipinski definition) is 9. The lowest BCUT2D eigenvalue weighted by atomic mass is 9.91. The van der Waals surface area contributed by atoms with Gasteiger partial charge in [0.15, 0.2) is 0 Å². The summed E-state index contributed by atoms with van der Waals surface area (Å²) in [4.78, 5) is 84.6. The fourth-order valence-electron chi connectivity index (χ4n) is 7.21. The molecule has 6 amide bonds.